The third kappa shape index (κ3) is 6.44. The lowest BCUT2D eigenvalue weighted by molar-refractivity contribution is -0.141. The predicted octanol–water partition coefficient (Wildman–Crippen LogP) is 2.79. The van der Waals surface area contributed by atoms with Gasteiger partial charge in [0, 0.05) is 36.1 Å². The van der Waals surface area contributed by atoms with Gasteiger partial charge in [0.1, 0.15) is 5.82 Å². The Labute approximate surface area is 201 Å². The number of sulfone groups is 1. The smallest absolute Gasteiger partial charge is 0.307 e. The van der Waals surface area contributed by atoms with Gasteiger partial charge >= 0.3 is 5.97 Å². The van der Waals surface area contributed by atoms with Crippen molar-refractivity contribution >= 4 is 39.3 Å². The van der Waals surface area contributed by atoms with E-state index in [4.69, 9.17) is 10.1 Å². The fourth-order valence-electron chi connectivity index (χ4n) is 3.18. The Morgan fingerprint density at radius 3 is 2.54 bits per heavy atom. The molecule has 0 aliphatic rings. The molecule has 0 saturated carbocycles. The fourth-order valence-corrected chi connectivity index (χ4v) is 3.78. The van der Waals surface area contributed by atoms with Crippen molar-refractivity contribution < 1.29 is 27.1 Å². The molecule has 0 unspecified atom stereocenters. The number of esters is 1. The van der Waals surface area contributed by atoms with Crippen molar-refractivity contribution in [1.82, 2.24) is 15.3 Å². The lowest BCUT2D eigenvalue weighted by Crippen LogP contribution is -2.31. The van der Waals surface area contributed by atoms with Crippen molar-refractivity contribution in [3.05, 3.63) is 77.5 Å². The van der Waals surface area contributed by atoms with Gasteiger partial charge in [0.15, 0.2) is 14.9 Å². The summed E-state index contributed by atoms with van der Waals surface area (Å²) >= 11 is 0. The SMILES string of the molecule is COC(=O)C[C@H](NC(=O)c1cncc(Nc2ccc(F)cc2)c1C=N)c1ccnc(S(C)(=O)=O)c1. The molecule has 3 aromatic rings. The molecule has 35 heavy (non-hydrogen) atoms. The van der Waals surface area contributed by atoms with Gasteiger partial charge in [0.2, 0.25) is 0 Å². The molecule has 3 rings (SSSR count). The molecule has 0 radical (unpaired) electrons. The number of carbonyl (C=O) groups is 2. The van der Waals surface area contributed by atoms with Crippen molar-refractivity contribution in [1.29, 1.82) is 5.41 Å². The van der Waals surface area contributed by atoms with Gasteiger partial charge in [-0.3, -0.25) is 14.6 Å². The molecular formula is C23H22FN5O5S. The van der Waals surface area contributed by atoms with E-state index in [2.05, 4.69) is 20.6 Å². The van der Waals surface area contributed by atoms with Crippen LogP contribution in [-0.4, -0.2) is 49.8 Å². The third-order valence-corrected chi connectivity index (χ3v) is 5.93. The average Bonchev–Trinajstić information content (AvgIpc) is 2.84. The number of halogens is 1. The van der Waals surface area contributed by atoms with Crippen LogP contribution < -0.4 is 10.6 Å². The maximum atomic E-state index is 13.2. The number of amides is 1. The number of aromatic nitrogens is 2. The Morgan fingerprint density at radius 2 is 1.91 bits per heavy atom. The number of hydrogen-bond donors (Lipinski definition) is 3. The van der Waals surface area contributed by atoms with Crippen molar-refractivity contribution in [3.8, 4) is 0 Å². The molecule has 1 aromatic carbocycles. The molecule has 0 bridgehead atoms. The second-order valence-corrected chi connectivity index (χ2v) is 9.39. The van der Waals surface area contributed by atoms with Crippen LogP contribution in [0.3, 0.4) is 0 Å². The first-order chi connectivity index (χ1) is 16.6. The van der Waals surface area contributed by atoms with Crippen LogP contribution in [0.15, 0.2) is 60.0 Å². The van der Waals surface area contributed by atoms with Crippen LogP contribution in [0.2, 0.25) is 0 Å². The van der Waals surface area contributed by atoms with Crippen LogP contribution >= 0.6 is 0 Å². The van der Waals surface area contributed by atoms with Gasteiger partial charge in [-0.05, 0) is 42.0 Å². The van der Waals surface area contributed by atoms with Crippen molar-refractivity contribution in [2.75, 3.05) is 18.7 Å². The summed E-state index contributed by atoms with van der Waals surface area (Å²) in [6.07, 6.45) is 5.61. The molecule has 3 N–H and O–H groups in total. The summed E-state index contributed by atoms with van der Waals surface area (Å²) in [5, 5.41) is 13.3. The van der Waals surface area contributed by atoms with E-state index in [0.717, 1.165) is 12.5 Å². The molecule has 182 valence electrons. The second-order valence-electron chi connectivity index (χ2n) is 7.43. The molecule has 2 heterocycles. The van der Waals surface area contributed by atoms with Crippen LogP contribution in [-0.2, 0) is 19.4 Å². The van der Waals surface area contributed by atoms with Gasteiger partial charge in [-0.15, -0.1) is 0 Å². The lowest BCUT2D eigenvalue weighted by atomic mass is 10.0. The van der Waals surface area contributed by atoms with E-state index in [9.17, 15) is 22.4 Å². The molecule has 0 aliphatic carbocycles. The molecule has 1 atom stereocenters. The van der Waals surface area contributed by atoms with E-state index in [1.54, 1.807) is 0 Å². The number of nitrogens with zero attached hydrogens (tertiary/aromatic N) is 2. The zero-order valence-corrected chi connectivity index (χ0v) is 19.6. The zero-order chi connectivity index (χ0) is 25.6. The Bertz CT molecular complexity index is 1360. The number of ether oxygens (including phenoxy) is 1. The molecule has 1 amide bonds. The Balaban J connectivity index is 1.94. The van der Waals surface area contributed by atoms with E-state index >= 15 is 0 Å². The Hall–Kier alpha value is -4.19. The molecular weight excluding hydrogens is 477 g/mol. The van der Waals surface area contributed by atoms with E-state index in [-0.39, 0.29) is 22.6 Å². The summed E-state index contributed by atoms with van der Waals surface area (Å²) in [4.78, 5) is 33.1. The van der Waals surface area contributed by atoms with Gasteiger partial charge in [0.05, 0.1) is 37.0 Å². The molecule has 0 fully saturated rings. The van der Waals surface area contributed by atoms with E-state index in [1.165, 1.54) is 62.1 Å². The highest BCUT2D eigenvalue weighted by atomic mass is 32.2. The van der Waals surface area contributed by atoms with E-state index in [1.807, 2.05) is 0 Å². The first-order valence-electron chi connectivity index (χ1n) is 10.2. The number of anilines is 2. The summed E-state index contributed by atoms with van der Waals surface area (Å²) in [5.41, 5.74) is 1.39. The van der Waals surface area contributed by atoms with Gasteiger partial charge in [-0.2, -0.15) is 0 Å². The quantitative estimate of drug-likeness (QED) is 0.300. The highest BCUT2D eigenvalue weighted by Crippen LogP contribution is 2.24. The third-order valence-electron chi connectivity index (χ3n) is 4.94. The minimum Gasteiger partial charge on any atom is -0.469 e. The molecule has 2 aromatic heterocycles. The van der Waals surface area contributed by atoms with E-state index < -0.39 is 33.6 Å². The van der Waals surface area contributed by atoms with Crippen molar-refractivity contribution in [3.63, 3.8) is 0 Å². The van der Waals surface area contributed by atoms with Gasteiger partial charge < -0.3 is 20.8 Å². The standard InChI is InChI=1S/C23H22FN5O5S/c1-34-22(30)10-19(14-7-8-27-21(9-14)35(2,32)33)29-23(31)18-12-26-13-20(17(18)11-25)28-16-5-3-15(24)4-6-16/h3-9,11-13,19,25,28H,10H2,1-2H3,(H,29,31)/t19-/m0/s1. The number of nitrogens with one attached hydrogen (secondary N) is 3. The first kappa shape index (κ1) is 25.4. The summed E-state index contributed by atoms with van der Waals surface area (Å²) < 4.78 is 41.8. The van der Waals surface area contributed by atoms with Crippen molar-refractivity contribution in [2.45, 2.75) is 17.5 Å². The van der Waals surface area contributed by atoms with Crippen LogP contribution in [0.5, 0.6) is 0 Å². The number of benzene rings is 1. The average molecular weight is 500 g/mol. The maximum Gasteiger partial charge on any atom is 0.307 e. The summed E-state index contributed by atoms with van der Waals surface area (Å²) in [6.45, 7) is 0. The predicted molar refractivity (Wildman–Crippen MR) is 126 cm³/mol. The summed E-state index contributed by atoms with van der Waals surface area (Å²) in [7, 11) is -2.44. The van der Waals surface area contributed by atoms with Gasteiger partial charge in [-0.1, -0.05) is 0 Å². The summed E-state index contributed by atoms with van der Waals surface area (Å²) in [6, 6.07) is 7.29. The van der Waals surface area contributed by atoms with Crippen LogP contribution in [0, 0.1) is 11.2 Å². The normalized spacial score (nSPS) is 11.9. The number of carbonyl (C=O) groups excluding carboxylic acids is 2. The van der Waals surface area contributed by atoms with Crippen LogP contribution in [0.4, 0.5) is 15.8 Å². The van der Waals surface area contributed by atoms with Gasteiger partial charge in [-0.25, -0.2) is 17.8 Å². The zero-order valence-electron chi connectivity index (χ0n) is 18.8. The molecule has 0 saturated heterocycles. The summed E-state index contributed by atoms with van der Waals surface area (Å²) in [5.74, 6) is -1.71. The number of rotatable bonds is 9. The number of pyridine rings is 2. The van der Waals surface area contributed by atoms with Crippen LogP contribution in [0.25, 0.3) is 0 Å². The topological polar surface area (TPSA) is 151 Å². The fraction of sp³-hybridized carbons (Fsp3) is 0.174. The minimum atomic E-state index is -3.63. The molecule has 12 heteroatoms. The van der Waals surface area contributed by atoms with Crippen LogP contribution in [0.1, 0.15) is 33.9 Å². The van der Waals surface area contributed by atoms with Gasteiger partial charge in [0.25, 0.3) is 5.91 Å². The second kappa shape index (κ2) is 10.8. The number of hydrogen-bond acceptors (Lipinski definition) is 9. The maximum absolute atomic E-state index is 13.2. The number of methoxy groups -OCH3 is 1. The lowest BCUT2D eigenvalue weighted by Gasteiger charge is -2.20. The molecule has 0 aliphatic heterocycles. The molecule has 0 spiro atoms. The first-order valence-corrected chi connectivity index (χ1v) is 12.1. The highest BCUT2D eigenvalue weighted by Gasteiger charge is 2.23. The largest absolute Gasteiger partial charge is 0.469 e. The monoisotopic (exact) mass is 499 g/mol. The van der Waals surface area contributed by atoms with Crippen molar-refractivity contribution in [2.24, 2.45) is 0 Å². The van der Waals surface area contributed by atoms with E-state index in [0.29, 0.717) is 16.9 Å². The molecule has 10 nitrogen and oxygen atoms in total. The highest BCUT2D eigenvalue weighted by molar-refractivity contribution is 7.90. The Kier molecular flexibility index (Phi) is 7.87. The Morgan fingerprint density at radius 1 is 1.20 bits per heavy atom. The minimum absolute atomic E-state index is 0.0272.